The molecule has 0 bridgehead atoms. The predicted molar refractivity (Wildman–Crippen MR) is 77.0 cm³/mol. The average Bonchev–Trinajstić information content (AvgIpc) is 2.53. The molecule has 0 aliphatic rings. The number of hydrogen-bond acceptors (Lipinski definition) is 3. The summed E-state index contributed by atoms with van der Waals surface area (Å²) in [4.78, 5) is 11.5. The molecule has 0 radical (unpaired) electrons. The lowest BCUT2D eigenvalue weighted by Crippen LogP contribution is -2.11. The highest BCUT2D eigenvalue weighted by Gasteiger charge is 2.17. The van der Waals surface area contributed by atoms with Crippen molar-refractivity contribution in [2.24, 2.45) is 0 Å². The lowest BCUT2D eigenvalue weighted by Gasteiger charge is -2.11. The van der Waals surface area contributed by atoms with Crippen molar-refractivity contribution in [2.75, 3.05) is 7.11 Å². The van der Waals surface area contributed by atoms with Crippen molar-refractivity contribution in [3.63, 3.8) is 0 Å². The molecule has 0 heterocycles. The number of ether oxygens (including phenoxy) is 1. The minimum atomic E-state index is -0.514. The highest BCUT2D eigenvalue weighted by molar-refractivity contribution is 5.78. The first-order chi connectivity index (χ1) is 10.1. The second-order valence-electron chi connectivity index (χ2n) is 4.67. The number of nitrogens with zero attached hydrogens (tertiary/aromatic N) is 1. The van der Waals surface area contributed by atoms with Crippen LogP contribution in [-0.2, 0) is 9.53 Å². The first-order valence-electron chi connectivity index (χ1n) is 6.44. The van der Waals surface area contributed by atoms with Crippen LogP contribution in [0.15, 0.2) is 42.5 Å². The lowest BCUT2D eigenvalue weighted by molar-refractivity contribution is -0.141. The standard InChI is InChI=1S/C17H14FNO2/c1-11(17(20)21-2)14-7-8-15(16(18)9-14)13-5-3-12(10-19)4-6-13/h3-9,11H,1-2H3. The molecule has 0 spiro atoms. The van der Waals surface area contributed by atoms with Crippen molar-refractivity contribution in [2.45, 2.75) is 12.8 Å². The molecule has 0 saturated carbocycles. The van der Waals surface area contributed by atoms with E-state index in [1.54, 1.807) is 43.3 Å². The Morgan fingerprint density at radius 3 is 2.43 bits per heavy atom. The quantitative estimate of drug-likeness (QED) is 0.808. The summed E-state index contributed by atoms with van der Waals surface area (Å²) in [5, 5.41) is 8.76. The molecular weight excluding hydrogens is 269 g/mol. The van der Waals surface area contributed by atoms with Gasteiger partial charge in [-0.25, -0.2) is 4.39 Å². The summed E-state index contributed by atoms with van der Waals surface area (Å²) in [6.45, 7) is 1.67. The number of halogens is 1. The number of esters is 1. The molecule has 21 heavy (non-hydrogen) atoms. The smallest absolute Gasteiger partial charge is 0.312 e. The maximum atomic E-state index is 14.2. The van der Waals surface area contributed by atoms with Crippen LogP contribution in [-0.4, -0.2) is 13.1 Å². The summed E-state index contributed by atoms with van der Waals surface area (Å²) in [6, 6.07) is 13.4. The zero-order valence-corrected chi connectivity index (χ0v) is 11.8. The zero-order valence-electron chi connectivity index (χ0n) is 11.8. The van der Waals surface area contributed by atoms with Crippen LogP contribution in [0.1, 0.15) is 24.0 Å². The number of carbonyl (C=O) groups excluding carboxylic acids is 1. The van der Waals surface area contributed by atoms with Gasteiger partial charge in [-0.3, -0.25) is 4.79 Å². The maximum absolute atomic E-state index is 14.2. The van der Waals surface area contributed by atoms with Crippen LogP contribution in [0.25, 0.3) is 11.1 Å². The van der Waals surface area contributed by atoms with Gasteiger partial charge in [-0.15, -0.1) is 0 Å². The number of nitriles is 1. The van der Waals surface area contributed by atoms with E-state index in [0.717, 1.165) is 0 Å². The van der Waals surface area contributed by atoms with E-state index < -0.39 is 17.7 Å². The third-order valence-corrected chi connectivity index (χ3v) is 3.37. The van der Waals surface area contributed by atoms with Gasteiger partial charge in [-0.1, -0.05) is 24.3 Å². The maximum Gasteiger partial charge on any atom is 0.312 e. The van der Waals surface area contributed by atoms with E-state index in [1.807, 2.05) is 6.07 Å². The number of carbonyl (C=O) groups is 1. The van der Waals surface area contributed by atoms with Gasteiger partial charge in [0.05, 0.1) is 24.7 Å². The molecule has 0 saturated heterocycles. The molecular formula is C17H14FNO2. The Labute approximate surface area is 122 Å². The summed E-state index contributed by atoms with van der Waals surface area (Å²) in [5.41, 5.74) is 2.20. The zero-order chi connectivity index (χ0) is 15.4. The molecule has 0 aromatic heterocycles. The Morgan fingerprint density at radius 2 is 1.90 bits per heavy atom. The van der Waals surface area contributed by atoms with Crippen LogP contribution in [0.2, 0.25) is 0 Å². The predicted octanol–water partition coefficient (Wildman–Crippen LogP) is 3.64. The number of methoxy groups -OCH3 is 1. The van der Waals surface area contributed by atoms with Crippen LogP contribution in [0.4, 0.5) is 4.39 Å². The van der Waals surface area contributed by atoms with E-state index in [-0.39, 0.29) is 0 Å². The Hall–Kier alpha value is -2.67. The fourth-order valence-corrected chi connectivity index (χ4v) is 2.07. The van der Waals surface area contributed by atoms with Crippen LogP contribution in [0.3, 0.4) is 0 Å². The van der Waals surface area contributed by atoms with E-state index in [4.69, 9.17) is 5.26 Å². The van der Waals surface area contributed by atoms with Crippen LogP contribution in [0.5, 0.6) is 0 Å². The van der Waals surface area contributed by atoms with E-state index in [9.17, 15) is 9.18 Å². The van der Waals surface area contributed by atoms with E-state index in [1.165, 1.54) is 13.2 Å². The number of rotatable bonds is 3. The third-order valence-electron chi connectivity index (χ3n) is 3.37. The Kier molecular flexibility index (Phi) is 4.34. The van der Waals surface area contributed by atoms with E-state index in [2.05, 4.69) is 4.74 Å². The Bertz CT molecular complexity index is 702. The van der Waals surface area contributed by atoms with Crippen molar-refractivity contribution in [3.05, 3.63) is 59.4 Å². The molecule has 1 atom stereocenters. The first kappa shape index (κ1) is 14.7. The first-order valence-corrected chi connectivity index (χ1v) is 6.44. The third kappa shape index (κ3) is 3.09. The Balaban J connectivity index is 2.35. The molecule has 3 nitrogen and oxygen atoms in total. The van der Waals surface area contributed by atoms with E-state index >= 15 is 0 Å². The van der Waals surface area contributed by atoms with Gasteiger partial charge in [-0.05, 0) is 36.2 Å². The van der Waals surface area contributed by atoms with Gasteiger partial charge < -0.3 is 4.74 Å². The lowest BCUT2D eigenvalue weighted by atomic mass is 9.96. The fraction of sp³-hybridized carbons (Fsp3) is 0.176. The minimum absolute atomic E-state index is 0.402. The number of hydrogen-bond donors (Lipinski definition) is 0. The fourth-order valence-electron chi connectivity index (χ4n) is 2.07. The molecule has 1 unspecified atom stereocenters. The highest BCUT2D eigenvalue weighted by atomic mass is 19.1. The largest absolute Gasteiger partial charge is 0.469 e. The molecule has 0 fully saturated rings. The topological polar surface area (TPSA) is 50.1 Å². The van der Waals surface area contributed by atoms with Crippen LogP contribution >= 0.6 is 0 Å². The van der Waals surface area contributed by atoms with Gasteiger partial charge in [0, 0.05) is 5.56 Å². The summed E-state index contributed by atoms with van der Waals surface area (Å²) in [6.07, 6.45) is 0. The minimum Gasteiger partial charge on any atom is -0.469 e. The summed E-state index contributed by atoms with van der Waals surface area (Å²) in [5.74, 6) is -1.33. The average molecular weight is 283 g/mol. The monoisotopic (exact) mass is 283 g/mol. The van der Waals surface area contributed by atoms with Gasteiger partial charge >= 0.3 is 5.97 Å². The van der Waals surface area contributed by atoms with Crippen LogP contribution < -0.4 is 0 Å². The van der Waals surface area contributed by atoms with E-state index in [0.29, 0.717) is 22.3 Å². The van der Waals surface area contributed by atoms with Gasteiger partial charge in [-0.2, -0.15) is 5.26 Å². The molecule has 4 heteroatoms. The second-order valence-corrected chi connectivity index (χ2v) is 4.67. The number of benzene rings is 2. The molecule has 2 aromatic carbocycles. The van der Waals surface area contributed by atoms with Crippen LogP contribution in [0, 0.1) is 17.1 Å². The van der Waals surface area contributed by atoms with Crippen molar-refractivity contribution >= 4 is 5.97 Å². The SMILES string of the molecule is COC(=O)C(C)c1ccc(-c2ccc(C#N)cc2)c(F)c1. The summed E-state index contributed by atoms with van der Waals surface area (Å²) >= 11 is 0. The molecule has 0 aliphatic carbocycles. The normalized spacial score (nSPS) is 11.5. The molecule has 0 aliphatic heterocycles. The highest BCUT2D eigenvalue weighted by Crippen LogP contribution is 2.27. The van der Waals surface area contributed by atoms with Gasteiger partial charge in [0.2, 0.25) is 0 Å². The summed E-state index contributed by atoms with van der Waals surface area (Å²) < 4.78 is 18.9. The van der Waals surface area contributed by atoms with Crippen molar-refractivity contribution in [1.29, 1.82) is 5.26 Å². The van der Waals surface area contributed by atoms with Crippen molar-refractivity contribution in [1.82, 2.24) is 0 Å². The summed E-state index contributed by atoms with van der Waals surface area (Å²) in [7, 11) is 1.31. The molecule has 0 amide bonds. The van der Waals surface area contributed by atoms with Gasteiger partial charge in [0.1, 0.15) is 5.82 Å². The second kappa shape index (κ2) is 6.19. The molecule has 0 N–H and O–H groups in total. The Morgan fingerprint density at radius 1 is 1.24 bits per heavy atom. The molecule has 106 valence electrons. The van der Waals surface area contributed by atoms with Gasteiger partial charge in [0.25, 0.3) is 0 Å². The molecule has 2 aromatic rings. The van der Waals surface area contributed by atoms with Crippen molar-refractivity contribution < 1.29 is 13.9 Å². The molecule has 2 rings (SSSR count). The van der Waals surface area contributed by atoms with Gasteiger partial charge in [0.15, 0.2) is 0 Å². The van der Waals surface area contributed by atoms with Crippen molar-refractivity contribution in [3.8, 4) is 17.2 Å².